The highest BCUT2D eigenvalue weighted by atomic mass is 16.6. The van der Waals surface area contributed by atoms with E-state index in [4.69, 9.17) is 9.84 Å². The minimum atomic E-state index is -0.508. The third-order valence-corrected chi connectivity index (χ3v) is 4.73. The molecular weight excluding hydrogens is 232 g/mol. The van der Waals surface area contributed by atoms with Crippen molar-refractivity contribution >= 4 is 11.8 Å². The second-order valence-electron chi connectivity index (χ2n) is 6.08. The average molecular weight is 250 g/mol. The molecule has 18 heavy (non-hydrogen) atoms. The fourth-order valence-electron chi connectivity index (χ4n) is 4.13. The van der Waals surface area contributed by atoms with Crippen LogP contribution in [-0.4, -0.2) is 29.1 Å². The quantitative estimate of drug-likeness (QED) is 0.604. The van der Waals surface area contributed by atoms with Gasteiger partial charge in [-0.05, 0) is 38.0 Å². The highest BCUT2D eigenvalue weighted by Crippen LogP contribution is 2.55. The van der Waals surface area contributed by atoms with E-state index < -0.39 is 11.6 Å². The van der Waals surface area contributed by atoms with Crippen molar-refractivity contribution in [3.05, 3.63) is 12.2 Å². The standard InChI is InChI=1S/C14H18O4/c1-8(7-15)13(17)18-14-4-9-2-10(5-14)12(16)11(3-9)6-14/h9-11,15H,1-7H2. The fraction of sp³-hybridized carbons (Fsp3) is 0.714. The molecule has 0 saturated heterocycles. The van der Waals surface area contributed by atoms with E-state index in [9.17, 15) is 9.59 Å². The molecule has 4 aliphatic carbocycles. The molecule has 4 nitrogen and oxygen atoms in total. The van der Waals surface area contributed by atoms with Crippen LogP contribution in [0.15, 0.2) is 12.2 Å². The highest BCUT2D eigenvalue weighted by molar-refractivity contribution is 5.89. The second-order valence-corrected chi connectivity index (χ2v) is 6.08. The van der Waals surface area contributed by atoms with E-state index in [1.165, 1.54) is 0 Å². The van der Waals surface area contributed by atoms with Crippen molar-refractivity contribution in [3.63, 3.8) is 0 Å². The maximum absolute atomic E-state index is 12.0. The summed E-state index contributed by atoms with van der Waals surface area (Å²) in [4.78, 5) is 23.8. The molecule has 4 saturated carbocycles. The third kappa shape index (κ3) is 1.70. The van der Waals surface area contributed by atoms with Crippen LogP contribution in [0.2, 0.25) is 0 Å². The van der Waals surface area contributed by atoms with Gasteiger partial charge >= 0.3 is 5.97 Å². The van der Waals surface area contributed by atoms with Crippen molar-refractivity contribution in [2.24, 2.45) is 17.8 Å². The molecule has 98 valence electrons. The van der Waals surface area contributed by atoms with Crippen LogP contribution in [0.1, 0.15) is 32.1 Å². The molecule has 0 aromatic carbocycles. The van der Waals surface area contributed by atoms with Crippen LogP contribution in [0.25, 0.3) is 0 Å². The Hall–Kier alpha value is -1.16. The summed E-state index contributed by atoms with van der Waals surface area (Å²) in [7, 11) is 0. The molecule has 4 heteroatoms. The maximum Gasteiger partial charge on any atom is 0.336 e. The number of rotatable bonds is 3. The van der Waals surface area contributed by atoms with E-state index in [-0.39, 0.29) is 24.0 Å². The predicted molar refractivity (Wildman–Crippen MR) is 63.6 cm³/mol. The van der Waals surface area contributed by atoms with Crippen LogP contribution in [-0.2, 0) is 14.3 Å². The lowest BCUT2D eigenvalue weighted by Crippen LogP contribution is -2.57. The predicted octanol–water partition coefficient (Wildman–Crippen LogP) is 1.23. The molecule has 2 unspecified atom stereocenters. The smallest absolute Gasteiger partial charge is 0.336 e. The minimum Gasteiger partial charge on any atom is -0.456 e. The minimum absolute atomic E-state index is 0.0893. The number of Topliss-reactive ketones (excluding diaryl/α,β-unsaturated/α-hetero) is 1. The fourth-order valence-corrected chi connectivity index (χ4v) is 4.13. The van der Waals surface area contributed by atoms with Crippen LogP contribution in [0.4, 0.5) is 0 Å². The molecule has 0 radical (unpaired) electrons. The van der Waals surface area contributed by atoms with E-state index in [0.29, 0.717) is 24.5 Å². The zero-order valence-electron chi connectivity index (χ0n) is 10.4. The van der Waals surface area contributed by atoms with Gasteiger partial charge in [-0.1, -0.05) is 6.58 Å². The number of carbonyl (C=O) groups is 2. The molecule has 4 bridgehead atoms. The molecule has 4 fully saturated rings. The van der Waals surface area contributed by atoms with Gasteiger partial charge in [-0.25, -0.2) is 4.79 Å². The van der Waals surface area contributed by atoms with E-state index >= 15 is 0 Å². The van der Waals surface area contributed by atoms with Crippen molar-refractivity contribution in [3.8, 4) is 0 Å². The molecule has 0 amide bonds. The van der Waals surface area contributed by atoms with Gasteiger partial charge in [-0.15, -0.1) is 0 Å². The zero-order chi connectivity index (χ0) is 12.9. The number of hydrogen-bond acceptors (Lipinski definition) is 4. The van der Waals surface area contributed by atoms with Crippen molar-refractivity contribution in [2.75, 3.05) is 6.61 Å². The molecule has 0 aromatic heterocycles. The summed E-state index contributed by atoms with van der Waals surface area (Å²) in [5.74, 6) is 0.568. The zero-order valence-corrected chi connectivity index (χ0v) is 10.4. The number of ketones is 1. The first-order valence-electron chi connectivity index (χ1n) is 6.59. The van der Waals surface area contributed by atoms with Crippen molar-refractivity contribution < 1.29 is 19.4 Å². The SMILES string of the molecule is C=C(CO)C(=O)OC12CC3CC(C1)C(=O)C(C3)C2. The molecule has 0 aliphatic heterocycles. The maximum atomic E-state index is 12.0. The van der Waals surface area contributed by atoms with Gasteiger partial charge in [-0.3, -0.25) is 4.79 Å². The largest absolute Gasteiger partial charge is 0.456 e. The Balaban J connectivity index is 1.78. The van der Waals surface area contributed by atoms with Gasteiger partial charge in [-0.2, -0.15) is 0 Å². The van der Waals surface area contributed by atoms with Gasteiger partial charge in [0.2, 0.25) is 0 Å². The molecule has 2 atom stereocenters. The number of carbonyl (C=O) groups excluding carboxylic acids is 2. The summed E-state index contributed by atoms with van der Waals surface area (Å²) in [5.41, 5.74) is -0.364. The lowest BCUT2D eigenvalue weighted by Gasteiger charge is -2.54. The van der Waals surface area contributed by atoms with Crippen molar-refractivity contribution in [2.45, 2.75) is 37.7 Å². The summed E-state index contributed by atoms with van der Waals surface area (Å²) in [6.07, 6.45) is 4.15. The van der Waals surface area contributed by atoms with Crippen LogP contribution in [0.5, 0.6) is 0 Å². The first-order valence-corrected chi connectivity index (χ1v) is 6.59. The van der Waals surface area contributed by atoms with E-state index in [1.54, 1.807) is 0 Å². The molecule has 4 aliphatic rings. The Kier molecular flexibility index (Phi) is 2.59. The van der Waals surface area contributed by atoms with Crippen LogP contribution < -0.4 is 0 Å². The second kappa shape index (κ2) is 3.92. The Morgan fingerprint density at radius 1 is 1.33 bits per heavy atom. The topological polar surface area (TPSA) is 63.6 Å². The lowest BCUT2D eigenvalue weighted by molar-refractivity contribution is -0.186. The Morgan fingerprint density at radius 3 is 2.50 bits per heavy atom. The first kappa shape index (κ1) is 11.9. The van der Waals surface area contributed by atoms with Crippen LogP contribution in [0, 0.1) is 17.8 Å². The molecule has 0 spiro atoms. The summed E-state index contributed by atoms with van der Waals surface area (Å²) >= 11 is 0. The van der Waals surface area contributed by atoms with Gasteiger partial charge in [0.25, 0.3) is 0 Å². The average Bonchev–Trinajstić information content (AvgIpc) is 2.33. The molecule has 1 N–H and O–H groups in total. The molecular formula is C14H18O4. The van der Waals surface area contributed by atoms with E-state index in [1.807, 2.05) is 0 Å². The first-order chi connectivity index (χ1) is 8.53. The number of esters is 1. The van der Waals surface area contributed by atoms with Gasteiger partial charge in [0.1, 0.15) is 11.4 Å². The van der Waals surface area contributed by atoms with E-state index in [2.05, 4.69) is 6.58 Å². The van der Waals surface area contributed by atoms with Crippen LogP contribution >= 0.6 is 0 Å². The van der Waals surface area contributed by atoms with Crippen molar-refractivity contribution in [1.82, 2.24) is 0 Å². The van der Waals surface area contributed by atoms with Crippen LogP contribution in [0.3, 0.4) is 0 Å². The third-order valence-electron chi connectivity index (χ3n) is 4.73. The molecule has 4 rings (SSSR count). The lowest BCUT2D eigenvalue weighted by atomic mass is 9.53. The highest BCUT2D eigenvalue weighted by Gasteiger charge is 2.57. The van der Waals surface area contributed by atoms with Gasteiger partial charge in [0.15, 0.2) is 0 Å². The Morgan fingerprint density at radius 2 is 1.94 bits per heavy atom. The number of aliphatic hydroxyl groups is 1. The van der Waals surface area contributed by atoms with E-state index in [0.717, 1.165) is 19.3 Å². The summed E-state index contributed by atoms with van der Waals surface area (Å²) in [6, 6.07) is 0. The normalized spacial score (nSPS) is 40.9. The molecule has 0 aromatic rings. The summed E-state index contributed by atoms with van der Waals surface area (Å²) in [6.45, 7) is 3.12. The monoisotopic (exact) mass is 250 g/mol. The molecule has 0 heterocycles. The Bertz CT molecular complexity index is 408. The summed E-state index contributed by atoms with van der Waals surface area (Å²) in [5, 5.41) is 8.91. The summed E-state index contributed by atoms with van der Waals surface area (Å²) < 4.78 is 5.60. The van der Waals surface area contributed by atoms with Gasteiger partial charge in [0, 0.05) is 11.8 Å². The van der Waals surface area contributed by atoms with Crippen molar-refractivity contribution in [1.29, 1.82) is 0 Å². The Labute approximate surface area is 106 Å². The number of hydrogen-bond donors (Lipinski definition) is 1. The number of ether oxygens (including phenoxy) is 1. The van der Waals surface area contributed by atoms with Gasteiger partial charge < -0.3 is 9.84 Å². The van der Waals surface area contributed by atoms with Gasteiger partial charge in [0.05, 0.1) is 12.2 Å². The number of aliphatic hydroxyl groups excluding tert-OH is 1.